The summed E-state index contributed by atoms with van der Waals surface area (Å²) < 4.78 is 0. The SMILES string of the molecule is Cc1ccccc1C1N2CCCN12. The summed E-state index contributed by atoms with van der Waals surface area (Å²) in [6.07, 6.45) is 1.94. The smallest absolute Gasteiger partial charge is 0.115 e. The number of rotatable bonds is 1. The Morgan fingerprint density at radius 2 is 1.85 bits per heavy atom. The van der Waals surface area contributed by atoms with Gasteiger partial charge in [-0.05, 0) is 24.5 Å². The second kappa shape index (κ2) is 2.56. The van der Waals surface area contributed by atoms with Crippen LogP contribution < -0.4 is 0 Å². The van der Waals surface area contributed by atoms with E-state index in [0.717, 1.165) is 0 Å². The van der Waals surface area contributed by atoms with Crippen LogP contribution in [0.15, 0.2) is 24.3 Å². The van der Waals surface area contributed by atoms with Crippen molar-refractivity contribution in [3.05, 3.63) is 35.4 Å². The molecular formula is C11H14N2. The molecule has 0 amide bonds. The maximum absolute atomic E-state index is 2.46. The molecule has 0 N–H and O–H groups in total. The van der Waals surface area contributed by atoms with Crippen LogP contribution in [-0.4, -0.2) is 23.1 Å². The molecule has 2 fully saturated rings. The molecule has 3 rings (SSSR count). The van der Waals surface area contributed by atoms with Gasteiger partial charge in [0.25, 0.3) is 0 Å². The number of benzene rings is 1. The molecule has 0 spiro atoms. The fourth-order valence-electron chi connectivity index (χ4n) is 2.34. The molecule has 68 valence electrons. The van der Waals surface area contributed by atoms with Crippen molar-refractivity contribution < 1.29 is 0 Å². The molecule has 2 saturated heterocycles. The van der Waals surface area contributed by atoms with E-state index in [4.69, 9.17) is 0 Å². The average molecular weight is 174 g/mol. The van der Waals surface area contributed by atoms with Gasteiger partial charge in [-0.1, -0.05) is 24.3 Å². The van der Waals surface area contributed by atoms with Crippen molar-refractivity contribution in [3.8, 4) is 0 Å². The molecule has 0 saturated carbocycles. The quantitative estimate of drug-likeness (QED) is 0.600. The number of hydrogen-bond donors (Lipinski definition) is 0. The van der Waals surface area contributed by atoms with E-state index in [9.17, 15) is 0 Å². The molecule has 1 aromatic rings. The van der Waals surface area contributed by atoms with E-state index in [1.807, 2.05) is 0 Å². The number of hydrogen-bond acceptors (Lipinski definition) is 2. The predicted molar refractivity (Wildman–Crippen MR) is 51.9 cm³/mol. The summed E-state index contributed by atoms with van der Waals surface area (Å²) in [5.41, 5.74) is 2.91. The van der Waals surface area contributed by atoms with Crippen LogP contribution in [0.1, 0.15) is 23.7 Å². The van der Waals surface area contributed by atoms with Crippen molar-refractivity contribution in [3.63, 3.8) is 0 Å². The Morgan fingerprint density at radius 1 is 1.15 bits per heavy atom. The first kappa shape index (κ1) is 7.54. The normalized spacial score (nSPS) is 35.9. The zero-order chi connectivity index (χ0) is 8.84. The Morgan fingerprint density at radius 3 is 2.54 bits per heavy atom. The molecule has 0 aromatic heterocycles. The Balaban J connectivity index is 1.91. The molecule has 2 atom stereocenters. The van der Waals surface area contributed by atoms with Crippen molar-refractivity contribution in [1.82, 2.24) is 10.0 Å². The number of aryl methyl sites for hydroxylation is 1. The van der Waals surface area contributed by atoms with Crippen LogP contribution in [0.5, 0.6) is 0 Å². The van der Waals surface area contributed by atoms with Gasteiger partial charge in [0.15, 0.2) is 0 Å². The third-order valence-corrected chi connectivity index (χ3v) is 3.08. The van der Waals surface area contributed by atoms with Crippen LogP contribution in [0.25, 0.3) is 0 Å². The van der Waals surface area contributed by atoms with Gasteiger partial charge in [-0.2, -0.15) is 0 Å². The van der Waals surface area contributed by atoms with E-state index in [1.54, 1.807) is 0 Å². The molecular weight excluding hydrogens is 160 g/mol. The summed E-state index contributed by atoms with van der Waals surface area (Å²) in [7, 11) is 0. The van der Waals surface area contributed by atoms with Crippen LogP contribution in [-0.2, 0) is 0 Å². The van der Waals surface area contributed by atoms with Gasteiger partial charge < -0.3 is 0 Å². The minimum Gasteiger partial charge on any atom is -0.217 e. The molecule has 13 heavy (non-hydrogen) atoms. The van der Waals surface area contributed by atoms with Crippen LogP contribution >= 0.6 is 0 Å². The third kappa shape index (κ3) is 1.02. The maximum atomic E-state index is 2.46. The van der Waals surface area contributed by atoms with Crippen LogP contribution in [0.4, 0.5) is 0 Å². The van der Waals surface area contributed by atoms with Crippen LogP contribution in [0.2, 0.25) is 0 Å². The molecule has 0 aliphatic carbocycles. The van der Waals surface area contributed by atoms with E-state index in [2.05, 4.69) is 41.2 Å². The van der Waals surface area contributed by atoms with Gasteiger partial charge in [0.05, 0.1) is 0 Å². The Bertz CT molecular complexity index is 325. The summed E-state index contributed by atoms with van der Waals surface area (Å²) in [4.78, 5) is 0. The lowest BCUT2D eigenvalue weighted by atomic mass is 10.1. The molecule has 0 radical (unpaired) electrons. The van der Waals surface area contributed by atoms with E-state index < -0.39 is 0 Å². The number of fused-ring (bicyclic) bond motifs is 1. The van der Waals surface area contributed by atoms with E-state index >= 15 is 0 Å². The lowest BCUT2D eigenvalue weighted by Crippen LogP contribution is -2.00. The van der Waals surface area contributed by atoms with Crippen LogP contribution in [0.3, 0.4) is 0 Å². The molecule has 2 nitrogen and oxygen atoms in total. The summed E-state index contributed by atoms with van der Waals surface area (Å²) >= 11 is 0. The highest BCUT2D eigenvalue weighted by Crippen LogP contribution is 2.45. The average Bonchev–Trinajstić information content (AvgIpc) is 2.61. The minimum atomic E-state index is 0.606. The summed E-state index contributed by atoms with van der Waals surface area (Å²) in [6, 6.07) is 8.70. The first-order valence-electron chi connectivity index (χ1n) is 4.96. The van der Waals surface area contributed by atoms with Gasteiger partial charge in [0, 0.05) is 13.1 Å². The van der Waals surface area contributed by atoms with E-state index in [0.29, 0.717) is 6.17 Å². The molecule has 2 unspecified atom stereocenters. The zero-order valence-corrected chi connectivity index (χ0v) is 7.90. The maximum Gasteiger partial charge on any atom is 0.115 e. The lowest BCUT2D eigenvalue weighted by molar-refractivity contribution is 0.412. The van der Waals surface area contributed by atoms with Gasteiger partial charge in [-0.15, -0.1) is 0 Å². The largest absolute Gasteiger partial charge is 0.217 e. The molecule has 0 bridgehead atoms. The first-order chi connectivity index (χ1) is 6.38. The van der Waals surface area contributed by atoms with Gasteiger partial charge in [-0.3, -0.25) is 0 Å². The number of nitrogens with zero attached hydrogens (tertiary/aromatic N) is 2. The van der Waals surface area contributed by atoms with E-state index in [-0.39, 0.29) is 0 Å². The lowest BCUT2D eigenvalue weighted by Gasteiger charge is -2.04. The third-order valence-electron chi connectivity index (χ3n) is 3.08. The monoisotopic (exact) mass is 174 g/mol. The summed E-state index contributed by atoms with van der Waals surface area (Å²) in [5.74, 6) is 0. The van der Waals surface area contributed by atoms with Gasteiger partial charge >= 0.3 is 0 Å². The minimum absolute atomic E-state index is 0.606. The number of hydrazine groups is 1. The first-order valence-corrected chi connectivity index (χ1v) is 4.96. The highest BCUT2D eigenvalue weighted by molar-refractivity contribution is 5.31. The Hall–Kier alpha value is -0.860. The van der Waals surface area contributed by atoms with Crippen molar-refractivity contribution >= 4 is 0 Å². The Kier molecular flexibility index (Phi) is 1.49. The molecule has 2 aliphatic rings. The molecule has 2 heteroatoms. The highest BCUT2D eigenvalue weighted by atomic mass is 15.9. The van der Waals surface area contributed by atoms with Crippen molar-refractivity contribution in [2.75, 3.05) is 13.1 Å². The van der Waals surface area contributed by atoms with Gasteiger partial charge in [0.2, 0.25) is 0 Å². The van der Waals surface area contributed by atoms with Crippen LogP contribution in [0, 0.1) is 6.92 Å². The summed E-state index contributed by atoms with van der Waals surface area (Å²) in [5, 5.41) is 4.92. The van der Waals surface area contributed by atoms with Crippen molar-refractivity contribution in [2.45, 2.75) is 19.5 Å². The topological polar surface area (TPSA) is 6.02 Å². The molecule has 2 aliphatic heterocycles. The van der Waals surface area contributed by atoms with E-state index in [1.165, 1.54) is 30.6 Å². The molecule has 1 aromatic carbocycles. The van der Waals surface area contributed by atoms with Crippen molar-refractivity contribution in [1.29, 1.82) is 0 Å². The predicted octanol–water partition coefficient (Wildman–Crippen LogP) is 1.93. The highest BCUT2D eigenvalue weighted by Gasteiger charge is 2.49. The molecule has 2 heterocycles. The second-order valence-electron chi connectivity index (χ2n) is 3.91. The van der Waals surface area contributed by atoms with Crippen molar-refractivity contribution in [2.24, 2.45) is 0 Å². The summed E-state index contributed by atoms with van der Waals surface area (Å²) in [6.45, 7) is 4.70. The zero-order valence-electron chi connectivity index (χ0n) is 7.90. The van der Waals surface area contributed by atoms with Gasteiger partial charge in [0.1, 0.15) is 6.17 Å². The second-order valence-corrected chi connectivity index (χ2v) is 3.91. The fourth-order valence-corrected chi connectivity index (χ4v) is 2.34. The van der Waals surface area contributed by atoms with Gasteiger partial charge in [-0.25, -0.2) is 10.0 Å². The standard InChI is InChI=1S/C11H14N2/c1-9-5-2-3-6-10(9)11-12-7-4-8-13(11)12/h2-3,5-6,11H,4,7-8H2,1H3. The Labute approximate surface area is 78.7 Å². The fraction of sp³-hybridized carbons (Fsp3) is 0.455.